The van der Waals surface area contributed by atoms with Crippen LogP contribution >= 0.6 is 0 Å². The molecule has 1 rings (SSSR count). The summed E-state index contributed by atoms with van der Waals surface area (Å²) < 4.78 is 0. The average molecular weight is 267 g/mol. The number of likely N-dealkylation sites (N-methyl/N-ethyl adjacent to an activating group) is 2. The third-order valence-electron chi connectivity index (χ3n) is 3.64. The maximum atomic E-state index is 12.3. The van der Waals surface area contributed by atoms with Crippen LogP contribution in [0.25, 0.3) is 0 Å². The van der Waals surface area contributed by atoms with E-state index in [2.05, 4.69) is 23.7 Å². The Labute approximate surface area is 117 Å². The van der Waals surface area contributed by atoms with E-state index in [1.807, 2.05) is 18.7 Å². The molecular formula is C15H29N3O. The predicted octanol–water partition coefficient (Wildman–Crippen LogP) is 1.48. The molecule has 1 atom stereocenters. The van der Waals surface area contributed by atoms with Gasteiger partial charge in [-0.1, -0.05) is 19.1 Å². The normalized spacial score (nSPS) is 18.8. The molecule has 1 fully saturated rings. The van der Waals surface area contributed by atoms with Crippen LogP contribution in [0.15, 0.2) is 12.2 Å². The molecule has 4 nitrogen and oxygen atoms in total. The van der Waals surface area contributed by atoms with Gasteiger partial charge in [-0.05, 0) is 39.8 Å². The number of hydrogen-bond acceptors (Lipinski definition) is 3. The molecule has 0 aromatic carbocycles. The van der Waals surface area contributed by atoms with Crippen LogP contribution in [0.5, 0.6) is 0 Å². The fourth-order valence-electron chi connectivity index (χ4n) is 2.52. The zero-order chi connectivity index (χ0) is 14.3. The molecular weight excluding hydrogens is 238 g/mol. The molecule has 1 saturated heterocycles. The Hall–Kier alpha value is -0.870. The molecule has 19 heavy (non-hydrogen) atoms. The van der Waals surface area contributed by atoms with Gasteiger partial charge in [-0.15, -0.1) is 0 Å². The van der Waals surface area contributed by atoms with E-state index >= 15 is 0 Å². The number of hydrogen-bond donors (Lipinski definition) is 1. The summed E-state index contributed by atoms with van der Waals surface area (Å²) >= 11 is 0. The van der Waals surface area contributed by atoms with E-state index in [0.717, 1.165) is 31.8 Å². The average Bonchev–Trinajstić information content (AvgIpc) is 2.87. The van der Waals surface area contributed by atoms with Crippen LogP contribution in [0, 0.1) is 0 Å². The van der Waals surface area contributed by atoms with Crippen molar-refractivity contribution in [2.75, 3.05) is 39.3 Å². The third kappa shape index (κ3) is 5.74. The van der Waals surface area contributed by atoms with Crippen LogP contribution in [-0.4, -0.2) is 61.0 Å². The largest absolute Gasteiger partial charge is 0.338 e. The van der Waals surface area contributed by atoms with Crippen molar-refractivity contribution in [2.24, 2.45) is 0 Å². The van der Waals surface area contributed by atoms with Gasteiger partial charge in [0.2, 0.25) is 5.91 Å². The lowest BCUT2D eigenvalue weighted by molar-refractivity contribution is -0.131. The second kappa shape index (κ2) is 8.33. The summed E-state index contributed by atoms with van der Waals surface area (Å²) in [6.45, 7) is 15.0. The number of rotatable bonds is 8. The minimum Gasteiger partial charge on any atom is -0.338 e. The van der Waals surface area contributed by atoms with Crippen molar-refractivity contribution in [3.05, 3.63) is 12.2 Å². The van der Waals surface area contributed by atoms with Gasteiger partial charge in [0.25, 0.3) is 0 Å². The van der Waals surface area contributed by atoms with E-state index in [4.69, 9.17) is 0 Å². The van der Waals surface area contributed by atoms with Crippen molar-refractivity contribution in [3.8, 4) is 0 Å². The summed E-state index contributed by atoms with van der Waals surface area (Å²) in [5, 5.41) is 3.49. The van der Waals surface area contributed by atoms with Gasteiger partial charge in [-0.3, -0.25) is 9.69 Å². The standard InChI is InChI=1S/C15H29N3O/c1-5-17(11-14-8-7-9-16-14)12-15(19)18(6-2)10-13(3)4/h14,16H,3,5-12H2,1-2,4H3. The number of carbonyl (C=O) groups is 1. The Morgan fingerprint density at radius 1 is 1.32 bits per heavy atom. The van der Waals surface area contributed by atoms with Gasteiger partial charge < -0.3 is 10.2 Å². The molecule has 110 valence electrons. The highest BCUT2D eigenvalue weighted by atomic mass is 16.2. The first kappa shape index (κ1) is 16.2. The fraction of sp³-hybridized carbons (Fsp3) is 0.800. The highest BCUT2D eigenvalue weighted by Gasteiger charge is 2.20. The molecule has 0 bridgehead atoms. The molecule has 4 heteroatoms. The molecule has 1 heterocycles. The Balaban J connectivity index is 2.43. The lowest BCUT2D eigenvalue weighted by atomic mass is 10.2. The van der Waals surface area contributed by atoms with Gasteiger partial charge >= 0.3 is 0 Å². The Bertz CT molecular complexity index is 298. The van der Waals surface area contributed by atoms with Crippen LogP contribution in [-0.2, 0) is 4.79 Å². The van der Waals surface area contributed by atoms with Gasteiger partial charge in [-0.2, -0.15) is 0 Å². The number of amides is 1. The molecule has 1 aliphatic heterocycles. The Morgan fingerprint density at radius 2 is 2.05 bits per heavy atom. The summed E-state index contributed by atoms with van der Waals surface area (Å²) in [7, 11) is 0. The molecule has 1 amide bonds. The van der Waals surface area contributed by atoms with Crippen molar-refractivity contribution in [1.82, 2.24) is 15.1 Å². The number of nitrogens with one attached hydrogen (secondary N) is 1. The van der Waals surface area contributed by atoms with Crippen LogP contribution < -0.4 is 5.32 Å². The summed E-state index contributed by atoms with van der Waals surface area (Å²) in [6, 6.07) is 0.559. The summed E-state index contributed by atoms with van der Waals surface area (Å²) in [5.41, 5.74) is 1.04. The van der Waals surface area contributed by atoms with E-state index in [-0.39, 0.29) is 5.91 Å². The molecule has 0 aromatic rings. The van der Waals surface area contributed by atoms with Gasteiger partial charge in [0.05, 0.1) is 6.54 Å². The van der Waals surface area contributed by atoms with Crippen molar-refractivity contribution in [2.45, 2.75) is 39.7 Å². The van der Waals surface area contributed by atoms with E-state index in [0.29, 0.717) is 19.1 Å². The van der Waals surface area contributed by atoms with E-state index in [1.54, 1.807) is 0 Å². The molecule has 0 saturated carbocycles. The molecule has 0 radical (unpaired) electrons. The maximum Gasteiger partial charge on any atom is 0.237 e. The fourth-order valence-corrected chi connectivity index (χ4v) is 2.52. The molecule has 0 aromatic heterocycles. The zero-order valence-corrected chi connectivity index (χ0v) is 12.7. The van der Waals surface area contributed by atoms with Gasteiger partial charge in [0.15, 0.2) is 0 Å². The zero-order valence-electron chi connectivity index (χ0n) is 12.7. The molecule has 0 aliphatic carbocycles. The topological polar surface area (TPSA) is 35.6 Å². The lowest BCUT2D eigenvalue weighted by Crippen LogP contribution is -2.44. The van der Waals surface area contributed by atoms with Gasteiger partial charge in [0, 0.05) is 25.7 Å². The molecule has 0 spiro atoms. The van der Waals surface area contributed by atoms with E-state index < -0.39 is 0 Å². The van der Waals surface area contributed by atoms with E-state index in [9.17, 15) is 4.79 Å². The van der Waals surface area contributed by atoms with Gasteiger partial charge in [0.1, 0.15) is 0 Å². The summed E-state index contributed by atoms with van der Waals surface area (Å²) in [5.74, 6) is 0.213. The van der Waals surface area contributed by atoms with Gasteiger partial charge in [-0.25, -0.2) is 0 Å². The first-order valence-electron chi connectivity index (χ1n) is 7.44. The quantitative estimate of drug-likeness (QED) is 0.677. The molecule has 1 aliphatic rings. The number of carbonyl (C=O) groups excluding carboxylic acids is 1. The van der Waals surface area contributed by atoms with Crippen LogP contribution in [0.1, 0.15) is 33.6 Å². The van der Waals surface area contributed by atoms with Crippen molar-refractivity contribution < 1.29 is 4.79 Å². The molecule has 1 unspecified atom stereocenters. The predicted molar refractivity (Wildman–Crippen MR) is 80.2 cm³/mol. The van der Waals surface area contributed by atoms with Crippen LogP contribution in [0.2, 0.25) is 0 Å². The number of nitrogens with zero attached hydrogens (tertiary/aromatic N) is 2. The second-order valence-electron chi connectivity index (χ2n) is 5.49. The lowest BCUT2D eigenvalue weighted by Gasteiger charge is -2.27. The minimum absolute atomic E-state index is 0.213. The smallest absolute Gasteiger partial charge is 0.237 e. The first-order chi connectivity index (χ1) is 9.06. The SMILES string of the molecule is C=C(C)CN(CC)C(=O)CN(CC)CC1CCCN1. The summed E-state index contributed by atoms with van der Waals surface area (Å²) in [4.78, 5) is 16.4. The molecule has 1 N–H and O–H groups in total. The Morgan fingerprint density at radius 3 is 2.53 bits per heavy atom. The second-order valence-corrected chi connectivity index (χ2v) is 5.49. The Kier molecular flexibility index (Phi) is 7.10. The van der Waals surface area contributed by atoms with Crippen LogP contribution in [0.3, 0.4) is 0 Å². The minimum atomic E-state index is 0.213. The summed E-state index contributed by atoms with van der Waals surface area (Å²) in [6.07, 6.45) is 2.49. The van der Waals surface area contributed by atoms with Crippen molar-refractivity contribution >= 4 is 5.91 Å². The maximum absolute atomic E-state index is 12.3. The van der Waals surface area contributed by atoms with Crippen molar-refractivity contribution in [3.63, 3.8) is 0 Å². The highest BCUT2D eigenvalue weighted by Crippen LogP contribution is 2.07. The monoisotopic (exact) mass is 267 g/mol. The van der Waals surface area contributed by atoms with Crippen molar-refractivity contribution in [1.29, 1.82) is 0 Å². The van der Waals surface area contributed by atoms with Crippen LogP contribution in [0.4, 0.5) is 0 Å². The first-order valence-corrected chi connectivity index (χ1v) is 7.44. The highest BCUT2D eigenvalue weighted by molar-refractivity contribution is 5.78. The van der Waals surface area contributed by atoms with E-state index in [1.165, 1.54) is 12.8 Å². The third-order valence-corrected chi connectivity index (χ3v) is 3.64.